The molecular formula is C22H26FNO2. The summed E-state index contributed by atoms with van der Waals surface area (Å²) in [6.07, 6.45) is 4.15. The minimum atomic E-state index is -0.238. The minimum absolute atomic E-state index is 0.117. The van der Waals surface area contributed by atoms with Crippen molar-refractivity contribution in [1.29, 1.82) is 0 Å². The Morgan fingerprint density at radius 1 is 1.15 bits per heavy atom. The van der Waals surface area contributed by atoms with E-state index < -0.39 is 0 Å². The van der Waals surface area contributed by atoms with Gasteiger partial charge in [-0.3, -0.25) is 4.79 Å². The number of carbonyl (C=O) groups is 1. The molecule has 3 rings (SSSR count). The fourth-order valence-electron chi connectivity index (χ4n) is 3.03. The number of hydrogen-bond acceptors (Lipinski definition) is 2. The number of halogens is 1. The van der Waals surface area contributed by atoms with Crippen molar-refractivity contribution in [3.8, 4) is 5.75 Å². The highest BCUT2D eigenvalue weighted by Gasteiger charge is 2.32. The van der Waals surface area contributed by atoms with Gasteiger partial charge in [0.05, 0.1) is 6.61 Å². The molecule has 0 N–H and O–H groups in total. The van der Waals surface area contributed by atoms with Gasteiger partial charge in [-0.1, -0.05) is 30.3 Å². The second-order valence-electron chi connectivity index (χ2n) is 6.97. The average Bonchev–Trinajstić information content (AvgIpc) is 3.45. The Morgan fingerprint density at radius 3 is 2.69 bits per heavy atom. The molecule has 138 valence electrons. The molecule has 0 spiro atoms. The molecule has 0 aromatic heterocycles. The third kappa shape index (κ3) is 5.32. The zero-order valence-corrected chi connectivity index (χ0v) is 15.3. The van der Waals surface area contributed by atoms with Gasteiger partial charge in [-0.05, 0) is 56.4 Å². The number of amides is 1. The quantitative estimate of drug-likeness (QED) is 0.600. The first-order chi connectivity index (χ1) is 12.6. The molecule has 2 aromatic carbocycles. The number of rotatable bonds is 9. The molecule has 3 nitrogen and oxygen atoms in total. The van der Waals surface area contributed by atoms with E-state index in [1.54, 1.807) is 12.1 Å². The molecule has 0 bridgehead atoms. The molecule has 1 aliphatic rings. The lowest BCUT2D eigenvalue weighted by atomic mass is 10.1. The average molecular weight is 355 g/mol. The van der Waals surface area contributed by atoms with Gasteiger partial charge in [-0.25, -0.2) is 4.39 Å². The van der Waals surface area contributed by atoms with E-state index in [-0.39, 0.29) is 17.8 Å². The van der Waals surface area contributed by atoms with Gasteiger partial charge >= 0.3 is 0 Å². The van der Waals surface area contributed by atoms with Crippen LogP contribution in [0.4, 0.5) is 4.39 Å². The summed E-state index contributed by atoms with van der Waals surface area (Å²) in [5, 5.41) is 0. The third-order valence-corrected chi connectivity index (χ3v) is 4.65. The van der Waals surface area contributed by atoms with Gasteiger partial charge in [-0.15, -0.1) is 0 Å². The van der Waals surface area contributed by atoms with E-state index >= 15 is 0 Å². The van der Waals surface area contributed by atoms with Gasteiger partial charge in [0.15, 0.2) is 0 Å². The maximum Gasteiger partial charge on any atom is 0.223 e. The molecule has 0 atom stereocenters. The lowest BCUT2D eigenvalue weighted by molar-refractivity contribution is -0.132. The normalized spacial score (nSPS) is 13.5. The molecule has 0 radical (unpaired) electrons. The van der Waals surface area contributed by atoms with Gasteiger partial charge < -0.3 is 9.64 Å². The summed E-state index contributed by atoms with van der Waals surface area (Å²) in [7, 11) is 0. The first-order valence-corrected chi connectivity index (χ1v) is 9.36. The Labute approximate surface area is 154 Å². The Bertz CT molecular complexity index is 742. The lowest BCUT2D eigenvalue weighted by Gasteiger charge is -2.23. The van der Waals surface area contributed by atoms with Gasteiger partial charge in [0, 0.05) is 24.6 Å². The molecule has 0 aliphatic heterocycles. The molecule has 0 heterocycles. The van der Waals surface area contributed by atoms with E-state index in [2.05, 4.69) is 0 Å². The van der Waals surface area contributed by atoms with Crippen LogP contribution in [0.25, 0.3) is 0 Å². The highest BCUT2D eigenvalue weighted by atomic mass is 19.1. The SMILES string of the molecule is Cc1cccc(OCCCCC(=O)N(Cc2ccccc2F)C2CC2)c1. The number of hydrogen-bond donors (Lipinski definition) is 0. The molecule has 26 heavy (non-hydrogen) atoms. The van der Waals surface area contributed by atoms with Gasteiger partial charge in [0.2, 0.25) is 5.91 Å². The van der Waals surface area contributed by atoms with E-state index in [1.165, 1.54) is 11.6 Å². The third-order valence-electron chi connectivity index (χ3n) is 4.65. The molecule has 2 aromatic rings. The summed E-state index contributed by atoms with van der Waals surface area (Å²) in [6, 6.07) is 15.0. The zero-order valence-electron chi connectivity index (χ0n) is 15.3. The minimum Gasteiger partial charge on any atom is -0.494 e. The van der Waals surface area contributed by atoms with Crippen molar-refractivity contribution in [2.45, 2.75) is 51.6 Å². The van der Waals surface area contributed by atoms with Crippen LogP contribution in [-0.4, -0.2) is 23.5 Å². The van der Waals surface area contributed by atoms with Crippen LogP contribution in [0.2, 0.25) is 0 Å². The second-order valence-corrected chi connectivity index (χ2v) is 6.97. The van der Waals surface area contributed by atoms with Crippen LogP contribution < -0.4 is 4.74 Å². The maximum absolute atomic E-state index is 13.9. The summed E-state index contributed by atoms with van der Waals surface area (Å²) in [6.45, 7) is 3.01. The van der Waals surface area contributed by atoms with Gasteiger partial charge in [-0.2, -0.15) is 0 Å². The highest BCUT2D eigenvalue weighted by molar-refractivity contribution is 5.76. The van der Waals surface area contributed by atoms with Crippen LogP contribution in [0.3, 0.4) is 0 Å². The number of benzene rings is 2. The molecule has 0 saturated heterocycles. The Hall–Kier alpha value is -2.36. The molecule has 0 unspecified atom stereocenters. The first kappa shape index (κ1) is 18.4. The number of nitrogens with zero attached hydrogens (tertiary/aromatic N) is 1. The summed E-state index contributed by atoms with van der Waals surface area (Å²) in [4.78, 5) is 14.4. The van der Waals surface area contributed by atoms with Crippen molar-refractivity contribution >= 4 is 5.91 Å². The smallest absolute Gasteiger partial charge is 0.223 e. The Morgan fingerprint density at radius 2 is 1.96 bits per heavy atom. The monoisotopic (exact) mass is 355 g/mol. The van der Waals surface area contributed by atoms with E-state index in [4.69, 9.17) is 4.74 Å². The molecule has 1 amide bonds. The number of ether oxygens (including phenoxy) is 1. The molecular weight excluding hydrogens is 329 g/mol. The summed E-state index contributed by atoms with van der Waals surface area (Å²) >= 11 is 0. The molecule has 4 heteroatoms. The molecule has 1 fully saturated rings. The summed E-state index contributed by atoms with van der Waals surface area (Å²) < 4.78 is 19.6. The standard InChI is InChI=1S/C22H26FNO2/c1-17-7-6-9-20(15-17)26-14-5-4-11-22(25)24(19-12-13-19)16-18-8-2-3-10-21(18)23/h2-3,6-10,15,19H,4-5,11-14,16H2,1H3. The van der Waals surface area contributed by atoms with Crippen molar-refractivity contribution in [1.82, 2.24) is 4.90 Å². The fourth-order valence-corrected chi connectivity index (χ4v) is 3.03. The van der Waals surface area contributed by atoms with E-state index in [1.807, 2.05) is 42.2 Å². The van der Waals surface area contributed by atoms with Crippen molar-refractivity contribution in [2.24, 2.45) is 0 Å². The van der Waals surface area contributed by atoms with Crippen molar-refractivity contribution in [3.05, 3.63) is 65.5 Å². The molecule has 1 saturated carbocycles. The van der Waals surface area contributed by atoms with Crippen LogP contribution >= 0.6 is 0 Å². The van der Waals surface area contributed by atoms with Gasteiger partial charge in [0.25, 0.3) is 0 Å². The second kappa shape index (κ2) is 8.84. The largest absolute Gasteiger partial charge is 0.494 e. The Kier molecular flexibility index (Phi) is 6.26. The number of aryl methyl sites for hydroxylation is 1. The summed E-state index contributed by atoms with van der Waals surface area (Å²) in [5.41, 5.74) is 1.77. The van der Waals surface area contributed by atoms with Gasteiger partial charge in [0.1, 0.15) is 11.6 Å². The van der Waals surface area contributed by atoms with E-state index in [9.17, 15) is 9.18 Å². The van der Waals surface area contributed by atoms with E-state index in [0.717, 1.165) is 31.4 Å². The first-order valence-electron chi connectivity index (χ1n) is 9.36. The lowest BCUT2D eigenvalue weighted by Crippen LogP contribution is -2.32. The number of carbonyl (C=O) groups excluding carboxylic acids is 1. The molecule has 1 aliphatic carbocycles. The van der Waals surface area contributed by atoms with Crippen molar-refractivity contribution in [3.63, 3.8) is 0 Å². The van der Waals surface area contributed by atoms with Crippen LogP contribution in [0.5, 0.6) is 5.75 Å². The Balaban J connectivity index is 1.43. The van der Waals surface area contributed by atoms with Crippen molar-refractivity contribution < 1.29 is 13.9 Å². The van der Waals surface area contributed by atoms with Crippen LogP contribution in [0.15, 0.2) is 48.5 Å². The maximum atomic E-state index is 13.9. The fraction of sp³-hybridized carbons (Fsp3) is 0.409. The van der Waals surface area contributed by atoms with Crippen molar-refractivity contribution in [2.75, 3.05) is 6.61 Å². The summed E-state index contributed by atoms with van der Waals surface area (Å²) in [5.74, 6) is 0.749. The topological polar surface area (TPSA) is 29.5 Å². The zero-order chi connectivity index (χ0) is 18.4. The van der Waals surface area contributed by atoms with Crippen LogP contribution in [0.1, 0.15) is 43.2 Å². The van der Waals surface area contributed by atoms with Crippen LogP contribution in [0, 0.1) is 12.7 Å². The predicted molar refractivity (Wildman–Crippen MR) is 100 cm³/mol. The van der Waals surface area contributed by atoms with E-state index in [0.29, 0.717) is 25.1 Å². The predicted octanol–water partition coefficient (Wildman–Crippen LogP) is 4.87. The van der Waals surface area contributed by atoms with Crippen LogP contribution in [-0.2, 0) is 11.3 Å². The highest BCUT2D eigenvalue weighted by Crippen LogP contribution is 2.29. The number of unbranched alkanes of at least 4 members (excludes halogenated alkanes) is 1.